The highest BCUT2D eigenvalue weighted by atomic mass is 35.5. The molecule has 3 rings (SSSR count). The Hall–Kier alpha value is -3.05. The minimum Gasteiger partial charge on any atom is -0.490 e. The van der Waals surface area contributed by atoms with Gasteiger partial charge in [0, 0.05) is 18.7 Å². The Bertz CT molecular complexity index is 1420. The summed E-state index contributed by atoms with van der Waals surface area (Å²) in [6.45, 7) is 2.27. The van der Waals surface area contributed by atoms with Crippen LogP contribution in [0, 0.1) is 0 Å². The van der Waals surface area contributed by atoms with Gasteiger partial charge in [0.15, 0.2) is 11.5 Å². The Balaban J connectivity index is 1.73. The molecule has 1 aromatic heterocycles. The number of sulfonamides is 1. The van der Waals surface area contributed by atoms with Crippen LogP contribution in [0.15, 0.2) is 59.4 Å². The van der Waals surface area contributed by atoms with Crippen LogP contribution >= 0.6 is 23.2 Å². The molecule has 2 aromatic carbocycles. The standard InChI is InChI=1S/C26H28Cl2N2O7S/c1-2-36-23-6-3-4-7-24(23)37-17-22-20(27)16-21(28)26(33)30(22)13-12-18-8-10-19(11-9-18)25(32)29-38(34,35)15-5-14-31/h3-4,6-11,16,31H,2,5,12-15,17H2,1H3,(H,29,32). The molecule has 0 bridgehead atoms. The van der Waals surface area contributed by atoms with E-state index in [-0.39, 0.29) is 47.5 Å². The quantitative estimate of drug-likeness (QED) is 0.314. The van der Waals surface area contributed by atoms with Gasteiger partial charge in [-0.15, -0.1) is 0 Å². The Labute approximate surface area is 231 Å². The lowest BCUT2D eigenvalue weighted by molar-refractivity contribution is 0.0981. The van der Waals surface area contributed by atoms with Gasteiger partial charge in [0.2, 0.25) is 10.0 Å². The van der Waals surface area contributed by atoms with Gasteiger partial charge in [0.05, 0.1) is 23.1 Å². The fourth-order valence-corrected chi connectivity index (χ4v) is 5.12. The second kappa shape index (κ2) is 13.7. The number of carbonyl (C=O) groups excluding carboxylic acids is 1. The van der Waals surface area contributed by atoms with E-state index in [9.17, 15) is 18.0 Å². The molecule has 1 amide bonds. The minimum absolute atomic E-state index is 0.000800. The van der Waals surface area contributed by atoms with Gasteiger partial charge in [0.1, 0.15) is 11.6 Å². The van der Waals surface area contributed by atoms with Crippen molar-refractivity contribution < 1.29 is 27.8 Å². The van der Waals surface area contributed by atoms with E-state index in [1.165, 1.54) is 22.8 Å². The Morgan fingerprint density at radius 3 is 2.32 bits per heavy atom. The lowest BCUT2D eigenvalue weighted by atomic mass is 10.1. The number of nitrogens with one attached hydrogen (secondary N) is 1. The summed E-state index contributed by atoms with van der Waals surface area (Å²) in [6, 6.07) is 14.9. The molecule has 3 aromatic rings. The van der Waals surface area contributed by atoms with Gasteiger partial charge in [-0.2, -0.15) is 0 Å². The molecule has 0 saturated heterocycles. The minimum atomic E-state index is -3.84. The molecule has 0 unspecified atom stereocenters. The van der Waals surface area contributed by atoms with E-state index in [0.29, 0.717) is 30.2 Å². The lowest BCUT2D eigenvalue weighted by Crippen LogP contribution is -2.32. The van der Waals surface area contributed by atoms with E-state index in [4.69, 9.17) is 37.8 Å². The fourth-order valence-electron chi connectivity index (χ4n) is 3.58. The number of carbonyl (C=O) groups is 1. The third kappa shape index (κ3) is 7.97. The number of nitrogens with zero attached hydrogens (tertiary/aromatic N) is 1. The summed E-state index contributed by atoms with van der Waals surface area (Å²) in [6.07, 6.45) is 0.427. The SMILES string of the molecule is CCOc1ccccc1OCc1c(Cl)cc(Cl)c(=O)n1CCc1ccc(C(=O)NS(=O)(=O)CCCO)cc1. The van der Waals surface area contributed by atoms with Gasteiger partial charge >= 0.3 is 0 Å². The Morgan fingerprint density at radius 2 is 1.68 bits per heavy atom. The molecule has 1 heterocycles. The van der Waals surface area contributed by atoms with E-state index in [0.717, 1.165) is 5.56 Å². The molecule has 0 aliphatic heterocycles. The first kappa shape index (κ1) is 29.5. The average molecular weight is 583 g/mol. The van der Waals surface area contributed by atoms with E-state index in [1.807, 2.05) is 23.8 Å². The molecule has 0 atom stereocenters. The maximum Gasteiger partial charge on any atom is 0.269 e. The molecular weight excluding hydrogens is 555 g/mol. The van der Waals surface area contributed by atoms with E-state index in [1.54, 1.807) is 24.3 Å². The number of amides is 1. The fraction of sp³-hybridized carbons (Fsp3) is 0.308. The molecule has 2 N–H and O–H groups in total. The third-order valence-electron chi connectivity index (χ3n) is 5.48. The van der Waals surface area contributed by atoms with Crippen molar-refractivity contribution in [1.82, 2.24) is 9.29 Å². The molecule has 0 saturated carbocycles. The number of aryl methyl sites for hydroxylation is 1. The number of halogens is 2. The predicted molar refractivity (Wildman–Crippen MR) is 146 cm³/mol. The number of hydrogen-bond acceptors (Lipinski definition) is 7. The van der Waals surface area contributed by atoms with Crippen molar-refractivity contribution in [2.45, 2.75) is 32.9 Å². The lowest BCUT2D eigenvalue weighted by Gasteiger charge is -2.17. The van der Waals surface area contributed by atoms with Gasteiger partial charge in [-0.25, -0.2) is 13.1 Å². The second-order valence-electron chi connectivity index (χ2n) is 8.19. The molecule has 0 spiro atoms. The molecule has 204 valence electrons. The summed E-state index contributed by atoms with van der Waals surface area (Å²) >= 11 is 12.5. The molecule has 12 heteroatoms. The predicted octanol–water partition coefficient (Wildman–Crippen LogP) is 3.82. The van der Waals surface area contributed by atoms with Crippen molar-refractivity contribution in [1.29, 1.82) is 0 Å². The first-order chi connectivity index (χ1) is 18.1. The maximum absolute atomic E-state index is 12.9. The average Bonchev–Trinajstić information content (AvgIpc) is 2.89. The first-order valence-electron chi connectivity index (χ1n) is 11.8. The van der Waals surface area contributed by atoms with Crippen molar-refractivity contribution in [3.63, 3.8) is 0 Å². The van der Waals surface area contributed by atoms with Crippen molar-refractivity contribution in [2.75, 3.05) is 19.0 Å². The van der Waals surface area contributed by atoms with E-state index in [2.05, 4.69) is 0 Å². The normalized spacial score (nSPS) is 11.3. The number of aliphatic hydroxyl groups is 1. The summed E-state index contributed by atoms with van der Waals surface area (Å²) < 4.78 is 38.7. The molecule has 0 aliphatic rings. The molecule has 9 nitrogen and oxygen atoms in total. The number of pyridine rings is 1. The highest BCUT2D eigenvalue weighted by Crippen LogP contribution is 2.28. The maximum atomic E-state index is 12.9. The van der Waals surface area contributed by atoms with Crippen LogP contribution in [-0.2, 0) is 29.6 Å². The van der Waals surface area contributed by atoms with Gasteiger partial charge in [-0.1, -0.05) is 47.5 Å². The van der Waals surface area contributed by atoms with Crippen molar-refractivity contribution in [3.05, 3.63) is 91.8 Å². The molecular formula is C26H28Cl2N2O7S. The zero-order valence-corrected chi connectivity index (χ0v) is 23.0. The topological polar surface area (TPSA) is 124 Å². The number of rotatable bonds is 13. The summed E-state index contributed by atoms with van der Waals surface area (Å²) in [7, 11) is -3.84. The molecule has 0 radical (unpaired) electrons. The summed E-state index contributed by atoms with van der Waals surface area (Å²) in [5.74, 6) is -0.0434. The van der Waals surface area contributed by atoms with Gasteiger partial charge in [0.25, 0.3) is 11.5 Å². The zero-order chi connectivity index (χ0) is 27.7. The largest absolute Gasteiger partial charge is 0.490 e. The van der Waals surface area contributed by atoms with Crippen molar-refractivity contribution in [3.8, 4) is 11.5 Å². The van der Waals surface area contributed by atoms with Crippen LogP contribution in [0.3, 0.4) is 0 Å². The molecule has 0 aliphatic carbocycles. The number of aromatic nitrogens is 1. The van der Waals surface area contributed by atoms with Gasteiger partial charge in [-0.3, -0.25) is 9.59 Å². The monoisotopic (exact) mass is 582 g/mol. The van der Waals surface area contributed by atoms with Crippen LogP contribution in [0.4, 0.5) is 0 Å². The van der Waals surface area contributed by atoms with Gasteiger partial charge < -0.3 is 19.1 Å². The van der Waals surface area contributed by atoms with Crippen LogP contribution in [0.5, 0.6) is 11.5 Å². The highest BCUT2D eigenvalue weighted by Gasteiger charge is 2.17. The molecule has 0 fully saturated rings. The first-order valence-corrected chi connectivity index (χ1v) is 14.2. The number of ether oxygens (including phenoxy) is 2. The van der Waals surface area contributed by atoms with Crippen LogP contribution in [0.2, 0.25) is 10.0 Å². The van der Waals surface area contributed by atoms with Crippen molar-refractivity contribution >= 4 is 39.1 Å². The van der Waals surface area contributed by atoms with Crippen LogP contribution in [0.1, 0.15) is 35.0 Å². The third-order valence-corrected chi connectivity index (χ3v) is 7.40. The number of aliphatic hydroxyl groups excluding tert-OH is 1. The van der Waals surface area contributed by atoms with E-state index < -0.39 is 21.5 Å². The number of hydrogen-bond donors (Lipinski definition) is 2. The van der Waals surface area contributed by atoms with Crippen molar-refractivity contribution in [2.24, 2.45) is 0 Å². The Morgan fingerprint density at radius 1 is 1.03 bits per heavy atom. The van der Waals surface area contributed by atoms with Crippen LogP contribution in [0.25, 0.3) is 0 Å². The number of para-hydroxylation sites is 2. The highest BCUT2D eigenvalue weighted by molar-refractivity contribution is 7.90. The van der Waals surface area contributed by atoms with Crippen LogP contribution < -0.4 is 19.8 Å². The summed E-state index contributed by atoms with van der Waals surface area (Å²) in [4.78, 5) is 25.1. The summed E-state index contributed by atoms with van der Waals surface area (Å²) in [5.41, 5.74) is 0.973. The van der Waals surface area contributed by atoms with Gasteiger partial charge in [-0.05, 0) is 55.7 Å². The second-order valence-corrected chi connectivity index (χ2v) is 10.8. The molecule has 38 heavy (non-hydrogen) atoms. The number of benzene rings is 2. The summed E-state index contributed by atoms with van der Waals surface area (Å²) in [5, 5.41) is 9.05. The smallest absolute Gasteiger partial charge is 0.269 e. The zero-order valence-electron chi connectivity index (χ0n) is 20.7. The Kier molecular flexibility index (Phi) is 10.6. The van der Waals surface area contributed by atoms with E-state index >= 15 is 0 Å². The van der Waals surface area contributed by atoms with Crippen LogP contribution in [-0.4, -0.2) is 43.0 Å².